The summed E-state index contributed by atoms with van der Waals surface area (Å²) in [5, 5.41) is 7.76. The van der Waals surface area contributed by atoms with Crippen molar-refractivity contribution in [2.45, 2.75) is 19.4 Å². The van der Waals surface area contributed by atoms with Crippen LogP contribution in [0.15, 0.2) is 6.20 Å². The molecular weight excluding hydrogens is 246 g/mol. The minimum atomic E-state index is 0.236. The Bertz CT molecular complexity index is 569. The molecule has 102 valence electrons. The van der Waals surface area contributed by atoms with E-state index in [0.717, 1.165) is 30.7 Å². The number of nitrogens with one attached hydrogen (secondary N) is 2. The number of H-pyrrole nitrogens is 1. The average Bonchev–Trinajstić information content (AvgIpc) is 2.94. The van der Waals surface area contributed by atoms with Gasteiger partial charge >= 0.3 is 0 Å². The molecule has 0 amide bonds. The van der Waals surface area contributed by atoms with E-state index < -0.39 is 0 Å². The summed E-state index contributed by atoms with van der Waals surface area (Å²) in [7, 11) is 0. The van der Waals surface area contributed by atoms with Crippen LogP contribution in [0, 0.1) is 0 Å². The molecule has 1 unspecified atom stereocenters. The molecule has 0 bridgehead atoms. The number of anilines is 2. The summed E-state index contributed by atoms with van der Waals surface area (Å²) in [4.78, 5) is 10.9. The van der Waals surface area contributed by atoms with Crippen LogP contribution in [0.1, 0.15) is 13.3 Å². The van der Waals surface area contributed by atoms with E-state index >= 15 is 0 Å². The summed E-state index contributed by atoms with van der Waals surface area (Å²) < 4.78 is 5.68. The van der Waals surface area contributed by atoms with E-state index in [1.807, 2.05) is 0 Å². The lowest BCUT2D eigenvalue weighted by Crippen LogP contribution is -2.42. The fourth-order valence-corrected chi connectivity index (χ4v) is 2.28. The molecule has 1 aliphatic rings. The first-order valence-corrected chi connectivity index (χ1v) is 6.36. The number of hydrogen-bond donors (Lipinski definition) is 3. The summed E-state index contributed by atoms with van der Waals surface area (Å²) in [5.74, 6) is 6.63. The number of nitrogen functional groups attached to an aromatic ring is 1. The van der Waals surface area contributed by atoms with Crippen molar-refractivity contribution < 1.29 is 4.74 Å². The number of nitrogens with zero attached hydrogens (tertiary/aromatic N) is 4. The van der Waals surface area contributed by atoms with Crippen molar-refractivity contribution in [1.82, 2.24) is 20.2 Å². The molecule has 0 aliphatic carbocycles. The van der Waals surface area contributed by atoms with Crippen LogP contribution in [0.5, 0.6) is 0 Å². The van der Waals surface area contributed by atoms with E-state index in [9.17, 15) is 0 Å². The highest BCUT2D eigenvalue weighted by Crippen LogP contribution is 2.25. The van der Waals surface area contributed by atoms with Crippen LogP contribution in [0.2, 0.25) is 0 Å². The molecule has 3 heterocycles. The molecule has 2 aromatic rings. The predicted molar refractivity (Wildman–Crippen MR) is 71.7 cm³/mol. The summed E-state index contributed by atoms with van der Waals surface area (Å²) in [6, 6.07) is 0. The molecule has 1 saturated heterocycles. The van der Waals surface area contributed by atoms with Crippen LogP contribution in [0.3, 0.4) is 0 Å². The number of hydrogen-bond acceptors (Lipinski definition) is 7. The molecule has 8 heteroatoms. The lowest BCUT2D eigenvalue weighted by molar-refractivity contribution is 0.0383. The van der Waals surface area contributed by atoms with Crippen LogP contribution in [0.25, 0.3) is 11.0 Å². The van der Waals surface area contributed by atoms with Crippen molar-refractivity contribution >= 4 is 22.8 Å². The van der Waals surface area contributed by atoms with Gasteiger partial charge in [-0.1, -0.05) is 6.92 Å². The summed E-state index contributed by atoms with van der Waals surface area (Å²) >= 11 is 0. The van der Waals surface area contributed by atoms with Crippen molar-refractivity contribution in [2.24, 2.45) is 5.84 Å². The van der Waals surface area contributed by atoms with Crippen LogP contribution in [0.4, 0.5) is 11.8 Å². The molecule has 3 rings (SSSR count). The molecule has 0 radical (unpaired) electrons. The first-order chi connectivity index (χ1) is 9.31. The van der Waals surface area contributed by atoms with Gasteiger partial charge in [-0.2, -0.15) is 15.1 Å². The first-order valence-electron chi connectivity index (χ1n) is 6.36. The zero-order chi connectivity index (χ0) is 13.2. The molecule has 1 aliphatic heterocycles. The maximum absolute atomic E-state index is 5.68. The number of ether oxygens (including phenoxy) is 1. The van der Waals surface area contributed by atoms with Gasteiger partial charge in [0.15, 0.2) is 5.65 Å². The van der Waals surface area contributed by atoms with Gasteiger partial charge in [0.2, 0.25) is 5.95 Å². The second kappa shape index (κ2) is 4.98. The zero-order valence-corrected chi connectivity index (χ0v) is 10.8. The highest BCUT2D eigenvalue weighted by molar-refractivity contribution is 5.87. The average molecular weight is 263 g/mol. The molecule has 0 aromatic carbocycles. The fraction of sp³-hybridized carbons (Fsp3) is 0.545. The summed E-state index contributed by atoms with van der Waals surface area (Å²) in [5.41, 5.74) is 3.16. The molecule has 0 saturated carbocycles. The normalized spacial score (nSPS) is 19.9. The largest absolute Gasteiger partial charge is 0.375 e. The minimum absolute atomic E-state index is 0.236. The number of aromatic amines is 1. The predicted octanol–water partition coefficient (Wildman–Crippen LogP) is 0.254. The highest BCUT2D eigenvalue weighted by atomic mass is 16.5. The maximum atomic E-state index is 5.68. The minimum Gasteiger partial charge on any atom is -0.375 e. The molecule has 4 N–H and O–H groups in total. The Morgan fingerprint density at radius 3 is 3.26 bits per heavy atom. The molecule has 19 heavy (non-hydrogen) atoms. The standard InChI is InChI=1S/C11H17N7O/c1-2-7-6-18(3-4-19-7)10-8-5-13-17-9(8)14-11(15-10)16-12/h5,7H,2-4,6,12H2,1H3,(H2,13,14,15,16,17). The van der Waals surface area contributed by atoms with Crippen molar-refractivity contribution in [3.8, 4) is 0 Å². The molecular formula is C11H17N7O. The van der Waals surface area contributed by atoms with Gasteiger partial charge in [0.25, 0.3) is 0 Å². The molecule has 2 aromatic heterocycles. The van der Waals surface area contributed by atoms with Gasteiger partial charge in [0, 0.05) is 13.1 Å². The van der Waals surface area contributed by atoms with Crippen LogP contribution in [-0.2, 0) is 4.74 Å². The topological polar surface area (TPSA) is 105 Å². The summed E-state index contributed by atoms with van der Waals surface area (Å²) in [6.07, 6.45) is 2.96. The number of nitrogens with two attached hydrogens (primary N) is 1. The Morgan fingerprint density at radius 2 is 2.47 bits per heavy atom. The van der Waals surface area contributed by atoms with Gasteiger partial charge in [0.05, 0.1) is 24.3 Å². The lowest BCUT2D eigenvalue weighted by Gasteiger charge is -2.33. The zero-order valence-electron chi connectivity index (χ0n) is 10.8. The van der Waals surface area contributed by atoms with E-state index in [0.29, 0.717) is 18.2 Å². The summed E-state index contributed by atoms with van der Waals surface area (Å²) in [6.45, 7) is 4.44. The second-order valence-electron chi connectivity index (χ2n) is 4.49. The SMILES string of the molecule is CCC1CN(c2nc(NN)nc3[nH]ncc23)CCO1. The Hall–Kier alpha value is -1.93. The van der Waals surface area contributed by atoms with E-state index in [1.165, 1.54) is 0 Å². The number of hydrazine groups is 1. The van der Waals surface area contributed by atoms with Gasteiger partial charge in [-0.3, -0.25) is 10.5 Å². The number of morpholine rings is 1. The third-order valence-electron chi connectivity index (χ3n) is 3.31. The highest BCUT2D eigenvalue weighted by Gasteiger charge is 2.23. The smallest absolute Gasteiger partial charge is 0.241 e. The quantitative estimate of drug-likeness (QED) is 0.538. The van der Waals surface area contributed by atoms with Gasteiger partial charge in [0.1, 0.15) is 5.82 Å². The van der Waals surface area contributed by atoms with E-state index in [1.54, 1.807) is 6.20 Å². The van der Waals surface area contributed by atoms with Gasteiger partial charge in [-0.05, 0) is 6.42 Å². The van der Waals surface area contributed by atoms with Crippen LogP contribution in [-0.4, -0.2) is 46.0 Å². The molecule has 0 spiro atoms. The van der Waals surface area contributed by atoms with Crippen molar-refractivity contribution in [2.75, 3.05) is 30.0 Å². The van der Waals surface area contributed by atoms with Crippen LogP contribution < -0.4 is 16.2 Å². The Labute approximate surface area is 110 Å². The van der Waals surface area contributed by atoms with Gasteiger partial charge in [-0.15, -0.1) is 0 Å². The molecule has 1 fully saturated rings. The maximum Gasteiger partial charge on any atom is 0.241 e. The van der Waals surface area contributed by atoms with Crippen molar-refractivity contribution in [3.63, 3.8) is 0 Å². The van der Waals surface area contributed by atoms with Gasteiger partial charge < -0.3 is 9.64 Å². The van der Waals surface area contributed by atoms with Crippen molar-refractivity contribution in [3.05, 3.63) is 6.20 Å². The Kier molecular flexibility index (Phi) is 3.18. The third-order valence-corrected chi connectivity index (χ3v) is 3.31. The Balaban J connectivity index is 2.00. The molecule has 1 atom stereocenters. The molecule has 8 nitrogen and oxygen atoms in total. The number of rotatable bonds is 3. The number of fused-ring (bicyclic) bond motifs is 1. The number of aromatic nitrogens is 4. The second-order valence-corrected chi connectivity index (χ2v) is 4.49. The lowest BCUT2D eigenvalue weighted by atomic mass is 10.2. The van der Waals surface area contributed by atoms with Gasteiger partial charge in [-0.25, -0.2) is 5.84 Å². The van der Waals surface area contributed by atoms with E-state index in [2.05, 4.69) is 37.4 Å². The third kappa shape index (κ3) is 2.20. The Morgan fingerprint density at radius 1 is 1.58 bits per heavy atom. The van der Waals surface area contributed by atoms with Crippen LogP contribution >= 0.6 is 0 Å². The fourth-order valence-electron chi connectivity index (χ4n) is 2.28. The van der Waals surface area contributed by atoms with E-state index in [-0.39, 0.29) is 6.10 Å². The first kappa shape index (κ1) is 12.1. The monoisotopic (exact) mass is 263 g/mol. The van der Waals surface area contributed by atoms with E-state index in [4.69, 9.17) is 10.6 Å². The van der Waals surface area contributed by atoms with Crippen molar-refractivity contribution in [1.29, 1.82) is 0 Å².